The van der Waals surface area contributed by atoms with Crippen LogP contribution >= 0.6 is 0 Å². The first-order valence-electron chi connectivity index (χ1n) is 9.17. The van der Waals surface area contributed by atoms with Crippen molar-refractivity contribution in [1.82, 2.24) is 9.88 Å². The molecular weight excluding hydrogens is 365 g/mol. The predicted molar refractivity (Wildman–Crippen MR) is 102 cm³/mol. The van der Waals surface area contributed by atoms with E-state index in [4.69, 9.17) is 4.42 Å². The van der Waals surface area contributed by atoms with Gasteiger partial charge in [0.05, 0.1) is 5.97 Å². The minimum atomic E-state index is -1.31. The van der Waals surface area contributed by atoms with Crippen LogP contribution in [0.15, 0.2) is 52.9 Å². The van der Waals surface area contributed by atoms with Crippen molar-refractivity contribution >= 4 is 29.0 Å². The number of piperazine rings is 1. The van der Waals surface area contributed by atoms with Gasteiger partial charge < -0.3 is 24.1 Å². The molecule has 2 atom stereocenters. The molecule has 0 saturated carbocycles. The third-order valence-corrected chi connectivity index (χ3v) is 5.11. The molecule has 1 aromatic heterocycles. The first-order chi connectivity index (χ1) is 13.5. The zero-order valence-electron chi connectivity index (χ0n) is 16.7. The zero-order chi connectivity index (χ0) is 19.8. The van der Waals surface area contributed by atoms with E-state index in [1.165, 1.54) is 6.07 Å². The van der Waals surface area contributed by atoms with E-state index < -0.39 is 12.0 Å². The van der Waals surface area contributed by atoms with Gasteiger partial charge in [-0.15, -0.1) is 0 Å². The maximum absolute atomic E-state index is 13.0. The number of anilines is 1. The Kier molecular flexibility index (Phi) is 6.01. The van der Waals surface area contributed by atoms with Crippen LogP contribution in [-0.2, 0) is 11.3 Å². The number of aromatic carboxylic acids is 1. The van der Waals surface area contributed by atoms with Gasteiger partial charge in [0.1, 0.15) is 11.6 Å². The second-order valence-corrected chi connectivity index (χ2v) is 7.07. The van der Waals surface area contributed by atoms with Crippen molar-refractivity contribution in [3.8, 4) is 0 Å². The summed E-state index contributed by atoms with van der Waals surface area (Å²) in [5.74, 6) is -1.33. The number of carbonyl (C=O) groups is 2. The Labute approximate surface area is 180 Å². The van der Waals surface area contributed by atoms with Crippen molar-refractivity contribution in [3.63, 3.8) is 0 Å². The number of amides is 1. The predicted octanol–water partition coefficient (Wildman–Crippen LogP) is -1.18. The largest absolute Gasteiger partial charge is 1.00 e. The monoisotopic (exact) mass is 385 g/mol. The minimum absolute atomic E-state index is 0. The summed E-state index contributed by atoms with van der Waals surface area (Å²) >= 11 is 0. The van der Waals surface area contributed by atoms with E-state index in [0.717, 1.165) is 5.56 Å². The number of nitrogens with zero attached hydrogens (tertiary/aromatic N) is 3. The first-order valence-corrected chi connectivity index (χ1v) is 9.17. The second kappa shape index (κ2) is 8.32. The van der Waals surface area contributed by atoms with Gasteiger partial charge in [0.15, 0.2) is 5.58 Å². The average molecular weight is 385 g/mol. The number of oxazole rings is 1. The summed E-state index contributed by atoms with van der Waals surface area (Å²) in [6, 6.07) is 14.2. The zero-order valence-corrected chi connectivity index (χ0v) is 16.7. The van der Waals surface area contributed by atoms with Gasteiger partial charge >= 0.3 is 18.9 Å². The number of fused-ring (bicyclic) bond motifs is 1. The van der Waals surface area contributed by atoms with Gasteiger partial charge in [0, 0.05) is 24.7 Å². The Morgan fingerprint density at radius 2 is 1.90 bits per heavy atom. The molecule has 0 spiro atoms. The molecule has 1 aliphatic heterocycles. The molecule has 2 heterocycles. The Morgan fingerprint density at radius 1 is 1.17 bits per heavy atom. The van der Waals surface area contributed by atoms with Gasteiger partial charge in [-0.25, -0.2) is 0 Å². The maximum Gasteiger partial charge on any atom is 1.00 e. The molecule has 8 heteroatoms. The summed E-state index contributed by atoms with van der Waals surface area (Å²) < 4.78 is 5.79. The molecule has 1 saturated heterocycles. The standard InChI is InChI=1S/C21H21N3O4.Li/c1-13-11-23(12-15-7-4-3-5-8-15)19(25)14(2)24(13)21-22-18-16(20(26)27)9-6-10-17(18)28-21;/h3-10,13-14H,11-12H2,1-2H3,(H,26,27);/q;+1/p-1/t13-,14-;/m0./s1. The molecule has 1 amide bonds. The van der Waals surface area contributed by atoms with Gasteiger partial charge in [-0.1, -0.05) is 42.5 Å². The minimum Gasteiger partial charge on any atom is -0.545 e. The smallest absolute Gasteiger partial charge is 0.545 e. The van der Waals surface area contributed by atoms with Gasteiger partial charge in [0.25, 0.3) is 6.01 Å². The molecule has 7 nitrogen and oxygen atoms in total. The number of hydrogen-bond donors (Lipinski definition) is 0. The van der Waals surface area contributed by atoms with Crippen molar-refractivity contribution in [2.24, 2.45) is 0 Å². The summed E-state index contributed by atoms with van der Waals surface area (Å²) in [5.41, 5.74) is 1.64. The quantitative estimate of drug-likeness (QED) is 0.526. The summed E-state index contributed by atoms with van der Waals surface area (Å²) in [5, 5.41) is 11.3. The molecule has 0 N–H and O–H groups in total. The number of para-hydroxylation sites is 1. The Hall–Kier alpha value is -2.75. The molecular formula is C21H20LiN3O4. The van der Waals surface area contributed by atoms with Crippen LogP contribution in [0.4, 0.5) is 6.01 Å². The van der Waals surface area contributed by atoms with Gasteiger partial charge in [-0.3, -0.25) is 4.79 Å². The van der Waals surface area contributed by atoms with E-state index in [-0.39, 0.29) is 47.9 Å². The molecule has 0 unspecified atom stereocenters. The van der Waals surface area contributed by atoms with Crippen LogP contribution in [0, 0.1) is 0 Å². The van der Waals surface area contributed by atoms with Crippen LogP contribution in [0.1, 0.15) is 29.8 Å². The number of carbonyl (C=O) groups excluding carboxylic acids is 2. The number of aromatic nitrogens is 1. The molecule has 1 fully saturated rings. The van der Waals surface area contributed by atoms with E-state index in [1.54, 1.807) is 12.1 Å². The molecule has 0 radical (unpaired) electrons. The number of rotatable bonds is 4. The van der Waals surface area contributed by atoms with Crippen molar-refractivity contribution in [3.05, 3.63) is 59.7 Å². The van der Waals surface area contributed by atoms with E-state index in [2.05, 4.69) is 4.98 Å². The number of benzene rings is 2. The summed E-state index contributed by atoms with van der Waals surface area (Å²) in [4.78, 5) is 32.3. The van der Waals surface area contributed by atoms with Crippen LogP contribution < -0.4 is 28.9 Å². The van der Waals surface area contributed by atoms with Gasteiger partial charge in [-0.05, 0) is 25.5 Å². The van der Waals surface area contributed by atoms with Crippen LogP contribution in [-0.4, -0.2) is 40.4 Å². The fourth-order valence-electron chi connectivity index (χ4n) is 3.77. The van der Waals surface area contributed by atoms with E-state index >= 15 is 0 Å². The topological polar surface area (TPSA) is 89.7 Å². The van der Waals surface area contributed by atoms with Crippen molar-refractivity contribution in [1.29, 1.82) is 0 Å². The van der Waals surface area contributed by atoms with Crippen molar-refractivity contribution < 1.29 is 38.0 Å². The molecule has 1 aliphatic rings. The molecule has 0 bridgehead atoms. The van der Waals surface area contributed by atoms with E-state index in [9.17, 15) is 14.7 Å². The third kappa shape index (κ3) is 3.89. The SMILES string of the molecule is C[C@H]1CN(Cc2ccccc2)C(=O)[C@H](C)N1c1nc2c(C(=O)[O-])cccc2o1.[Li+]. The van der Waals surface area contributed by atoms with Gasteiger partial charge in [0.2, 0.25) is 5.91 Å². The van der Waals surface area contributed by atoms with Crippen molar-refractivity contribution in [2.45, 2.75) is 32.5 Å². The fraction of sp³-hybridized carbons (Fsp3) is 0.286. The summed E-state index contributed by atoms with van der Waals surface area (Å²) in [7, 11) is 0. The normalized spacial score (nSPS) is 19.3. The molecule has 29 heavy (non-hydrogen) atoms. The van der Waals surface area contributed by atoms with Crippen LogP contribution in [0.5, 0.6) is 0 Å². The maximum atomic E-state index is 13.0. The van der Waals surface area contributed by atoms with Crippen LogP contribution in [0.25, 0.3) is 11.1 Å². The molecule has 4 rings (SSSR count). The molecule has 0 aliphatic carbocycles. The fourth-order valence-corrected chi connectivity index (χ4v) is 3.77. The Balaban J connectivity index is 0.00000240. The Bertz CT molecular complexity index is 1040. The number of carboxylic acids is 1. The van der Waals surface area contributed by atoms with E-state index in [1.807, 2.05) is 54.0 Å². The Morgan fingerprint density at radius 3 is 2.59 bits per heavy atom. The second-order valence-electron chi connectivity index (χ2n) is 7.07. The number of hydrogen-bond acceptors (Lipinski definition) is 6. The molecule has 3 aromatic rings. The van der Waals surface area contributed by atoms with E-state index in [0.29, 0.717) is 18.7 Å². The third-order valence-electron chi connectivity index (χ3n) is 5.11. The number of carboxylic acid groups (broad SMARTS) is 1. The average Bonchev–Trinajstić information content (AvgIpc) is 3.10. The van der Waals surface area contributed by atoms with Crippen LogP contribution in [0.3, 0.4) is 0 Å². The summed E-state index contributed by atoms with van der Waals surface area (Å²) in [6.07, 6.45) is 0. The van der Waals surface area contributed by atoms with Crippen LogP contribution in [0.2, 0.25) is 0 Å². The van der Waals surface area contributed by atoms with Crippen molar-refractivity contribution in [2.75, 3.05) is 11.4 Å². The summed E-state index contributed by atoms with van der Waals surface area (Å²) in [6.45, 7) is 4.87. The molecule has 2 aromatic carbocycles. The molecule has 144 valence electrons. The first kappa shape index (κ1) is 21.0. The van der Waals surface area contributed by atoms with Gasteiger partial charge in [-0.2, -0.15) is 4.98 Å².